The van der Waals surface area contributed by atoms with Crippen LogP contribution in [-0.4, -0.2) is 34.2 Å². The Morgan fingerprint density at radius 3 is 2.67 bits per heavy atom. The number of hydrogen-bond acceptors (Lipinski definition) is 5. The lowest BCUT2D eigenvalue weighted by atomic mass is 10.1. The molecular weight excluding hydrogens is 358 g/mol. The van der Waals surface area contributed by atoms with E-state index < -0.39 is 0 Å². The molecule has 0 aliphatic carbocycles. The first-order chi connectivity index (χ1) is 13.1. The summed E-state index contributed by atoms with van der Waals surface area (Å²) in [6, 6.07) is 14.1. The molecule has 1 aromatic heterocycles. The normalized spacial score (nSPS) is 10.8. The van der Waals surface area contributed by atoms with E-state index in [2.05, 4.69) is 42.2 Å². The van der Waals surface area contributed by atoms with Crippen molar-refractivity contribution in [3.8, 4) is 22.9 Å². The molecule has 0 aliphatic rings. The zero-order valence-electron chi connectivity index (χ0n) is 16.2. The van der Waals surface area contributed by atoms with Crippen molar-refractivity contribution in [1.82, 2.24) is 14.8 Å². The lowest BCUT2D eigenvalue weighted by Gasteiger charge is -2.10. The Morgan fingerprint density at radius 2 is 1.85 bits per heavy atom. The molecule has 1 heterocycles. The number of ether oxygens (including phenoxy) is 2. The van der Waals surface area contributed by atoms with Gasteiger partial charge in [-0.15, -0.1) is 10.2 Å². The Morgan fingerprint density at radius 1 is 1.04 bits per heavy atom. The number of para-hydroxylation sites is 1. The molecule has 5 nitrogen and oxygen atoms in total. The highest BCUT2D eigenvalue weighted by atomic mass is 32.2. The van der Waals surface area contributed by atoms with Crippen LogP contribution in [0.4, 0.5) is 0 Å². The van der Waals surface area contributed by atoms with E-state index in [1.54, 1.807) is 18.9 Å². The van der Waals surface area contributed by atoms with Crippen LogP contribution in [-0.2, 0) is 7.05 Å². The molecule has 0 spiro atoms. The number of hydrogen-bond donors (Lipinski definition) is 0. The van der Waals surface area contributed by atoms with Crippen LogP contribution in [0, 0.1) is 13.8 Å². The Kier molecular flexibility index (Phi) is 6.40. The van der Waals surface area contributed by atoms with Crippen molar-refractivity contribution in [2.45, 2.75) is 25.4 Å². The number of rotatable bonds is 8. The van der Waals surface area contributed by atoms with Crippen molar-refractivity contribution in [3.05, 3.63) is 53.6 Å². The first kappa shape index (κ1) is 19.3. The number of aromatic nitrogens is 3. The molecular formula is C21H25N3O2S. The van der Waals surface area contributed by atoms with E-state index in [4.69, 9.17) is 9.47 Å². The predicted octanol–water partition coefficient (Wildman–Crippen LogP) is 4.67. The van der Waals surface area contributed by atoms with E-state index >= 15 is 0 Å². The van der Waals surface area contributed by atoms with Gasteiger partial charge in [-0.2, -0.15) is 0 Å². The van der Waals surface area contributed by atoms with Crippen molar-refractivity contribution < 1.29 is 9.47 Å². The van der Waals surface area contributed by atoms with Crippen molar-refractivity contribution in [2.75, 3.05) is 19.5 Å². The fraction of sp³-hybridized carbons (Fsp3) is 0.333. The van der Waals surface area contributed by atoms with Crippen LogP contribution in [0.5, 0.6) is 11.5 Å². The number of benzene rings is 2. The summed E-state index contributed by atoms with van der Waals surface area (Å²) in [5.41, 5.74) is 3.33. The largest absolute Gasteiger partial charge is 0.496 e. The zero-order chi connectivity index (χ0) is 19.2. The molecule has 0 amide bonds. The number of aryl methyl sites for hydroxylation is 2. The smallest absolute Gasteiger partial charge is 0.191 e. The van der Waals surface area contributed by atoms with Crippen LogP contribution < -0.4 is 9.47 Å². The average Bonchev–Trinajstić information content (AvgIpc) is 3.04. The summed E-state index contributed by atoms with van der Waals surface area (Å²) in [6.07, 6.45) is 0.939. The molecule has 0 saturated carbocycles. The molecule has 0 atom stereocenters. The highest BCUT2D eigenvalue weighted by Crippen LogP contribution is 2.30. The van der Waals surface area contributed by atoms with Gasteiger partial charge in [0.25, 0.3) is 0 Å². The molecule has 0 bridgehead atoms. The predicted molar refractivity (Wildman–Crippen MR) is 110 cm³/mol. The SMILES string of the molecule is COc1ccccc1-c1nnc(SCCCOc2cc(C)ccc2C)n1C. The standard InChI is InChI=1S/C21H25N3O2S/c1-15-10-11-16(2)19(14-15)26-12-7-13-27-21-23-22-20(24(21)3)17-8-5-6-9-18(17)25-4/h5-6,8-11,14H,7,12-13H2,1-4H3. The van der Waals surface area contributed by atoms with Gasteiger partial charge in [-0.1, -0.05) is 36.0 Å². The average molecular weight is 384 g/mol. The number of methoxy groups -OCH3 is 1. The van der Waals surface area contributed by atoms with E-state index in [-0.39, 0.29) is 0 Å². The van der Waals surface area contributed by atoms with Gasteiger partial charge in [-0.3, -0.25) is 0 Å². The van der Waals surface area contributed by atoms with Crippen molar-refractivity contribution >= 4 is 11.8 Å². The Hall–Kier alpha value is -2.47. The van der Waals surface area contributed by atoms with Crippen LogP contribution in [0.15, 0.2) is 47.6 Å². The molecule has 142 valence electrons. The van der Waals surface area contributed by atoms with Gasteiger partial charge in [0.05, 0.1) is 19.3 Å². The molecule has 0 N–H and O–H groups in total. The highest BCUT2D eigenvalue weighted by molar-refractivity contribution is 7.99. The van der Waals surface area contributed by atoms with Crippen LogP contribution in [0.2, 0.25) is 0 Å². The summed E-state index contributed by atoms with van der Waals surface area (Å²) in [5, 5.41) is 9.56. The molecule has 3 rings (SSSR count). The summed E-state index contributed by atoms with van der Waals surface area (Å²) in [4.78, 5) is 0. The monoisotopic (exact) mass is 383 g/mol. The van der Waals surface area contributed by atoms with Gasteiger partial charge in [-0.05, 0) is 49.6 Å². The van der Waals surface area contributed by atoms with Crippen molar-refractivity contribution in [1.29, 1.82) is 0 Å². The first-order valence-corrected chi connectivity index (χ1v) is 9.94. The van der Waals surface area contributed by atoms with E-state index in [9.17, 15) is 0 Å². The van der Waals surface area contributed by atoms with E-state index in [1.807, 2.05) is 35.9 Å². The van der Waals surface area contributed by atoms with Crippen molar-refractivity contribution in [3.63, 3.8) is 0 Å². The summed E-state index contributed by atoms with van der Waals surface area (Å²) < 4.78 is 13.4. The number of thioether (sulfide) groups is 1. The topological polar surface area (TPSA) is 49.2 Å². The summed E-state index contributed by atoms with van der Waals surface area (Å²) in [7, 11) is 3.65. The van der Waals surface area contributed by atoms with Crippen LogP contribution in [0.3, 0.4) is 0 Å². The lowest BCUT2D eigenvalue weighted by molar-refractivity contribution is 0.316. The summed E-state index contributed by atoms with van der Waals surface area (Å²) in [5.74, 6) is 3.49. The van der Waals surface area contributed by atoms with Gasteiger partial charge in [0.15, 0.2) is 11.0 Å². The minimum atomic E-state index is 0.689. The molecule has 0 fully saturated rings. The molecule has 27 heavy (non-hydrogen) atoms. The minimum Gasteiger partial charge on any atom is -0.496 e. The summed E-state index contributed by atoms with van der Waals surface area (Å²) in [6.45, 7) is 4.84. The van der Waals surface area contributed by atoms with Gasteiger partial charge < -0.3 is 14.0 Å². The van der Waals surface area contributed by atoms with Crippen LogP contribution >= 0.6 is 11.8 Å². The maximum Gasteiger partial charge on any atom is 0.191 e. The zero-order valence-corrected chi connectivity index (χ0v) is 17.0. The second-order valence-corrected chi connectivity index (χ2v) is 7.45. The van der Waals surface area contributed by atoms with Crippen molar-refractivity contribution in [2.24, 2.45) is 7.05 Å². The van der Waals surface area contributed by atoms with Gasteiger partial charge >= 0.3 is 0 Å². The third-order valence-corrected chi connectivity index (χ3v) is 5.41. The van der Waals surface area contributed by atoms with Gasteiger partial charge in [-0.25, -0.2) is 0 Å². The van der Waals surface area contributed by atoms with E-state index in [0.717, 1.165) is 40.2 Å². The second-order valence-electron chi connectivity index (χ2n) is 6.38. The van der Waals surface area contributed by atoms with Crippen LogP contribution in [0.25, 0.3) is 11.4 Å². The molecule has 0 radical (unpaired) electrons. The van der Waals surface area contributed by atoms with Gasteiger partial charge in [0.2, 0.25) is 0 Å². The van der Waals surface area contributed by atoms with E-state index in [0.29, 0.717) is 6.61 Å². The maximum atomic E-state index is 5.92. The molecule has 6 heteroatoms. The maximum absolute atomic E-state index is 5.92. The number of nitrogens with zero attached hydrogens (tertiary/aromatic N) is 3. The summed E-state index contributed by atoms with van der Waals surface area (Å²) >= 11 is 1.69. The fourth-order valence-electron chi connectivity index (χ4n) is 2.77. The lowest BCUT2D eigenvalue weighted by Crippen LogP contribution is -2.01. The first-order valence-electron chi connectivity index (χ1n) is 8.95. The highest BCUT2D eigenvalue weighted by Gasteiger charge is 2.14. The van der Waals surface area contributed by atoms with E-state index in [1.165, 1.54) is 11.1 Å². The minimum absolute atomic E-state index is 0.689. The van der Waals surface area contributed by atoms with Gasteiger partial charge in [0.1, 0.15) is 11.5 Å². The quantitative estimate of drug-likeness (QED) is 0.418. The second kappa shape index (κ2) is 8.95. The molecule has 0 unspecified atom stereocenters. The molecule has 3 aromatic rings. The molecule has 0 saturated heterocycles. The fourth-order valence-corrected chi connectivity index (χ4v) is 3.60. The van der Waals surface area contributed by atoms with Gasteiger partial charge in [0, 0.05) is 12.8 Å². The Bertz CT molecular complexity index is 908. The third-order valence-electron chi connectivity index (χ3n) is 4.30. The molecule has 0 aliphatic heterocycles. The third kappa shape index (κ3) is 4.63. The Labute approximate surface area is 164 Å². The Balaban J connectivity index is 1.55. The van der Waals surface area contributed by atoms with Crippen LogP contribution in [0.1, 0.15) is 17.5 Å². The molecule has 2 aromatic carbocycles.